The van der Waals surface area contributed by atoms with Gasteiger partial charge in [0.25, 0.3) is 0 Å². The van der Waals surface area contributed by atoms with E-state index in [1.165, 1.54) is 12.1 Å². The maximum absolute atomic E-state index is 13.0. The standard InChI is InChI=1S/C16H20FN3O/c1-12(2)18-9-13-6-7-20(10-13)11-16(21)19-15-5-3-4-14(17)8-15/h3-8,10,12,18H,9,11H2,1-2H3,(H,19,21). The highest BCUT2D eigenvalue weighted by molar-refractivity contribution is 5.90. The van der Waals surface area contributed by atoms with Gasteiger partial charge in [-0.2, -0.15) is 0 Å². The van der Waals surface area contributed by atoms with Crippen molar-refractivity contribution in [2.24, 2.45) is 0 Å². The highest BCUT2D eigenvalue weighted by atomic mass is 19.1. The van der Waals surface area contributed by atoms with Crippen LogP contribution in [0.5, 0.6) is 0 Å². The molecule has 0 unspecified atom stereocenters. The second-order valence-corrected chi connectivity index (χ2v) is 5.29. The molecule has 5 heteroatoms. The molecule has 1 heterocycles. The molecule has 1 amide bonds. The summed E-state index contributed by atoms with van der Waals surface area (Å²) in [5.74, 6) is -0.546. The van der Waals surface area contributed by atoms with Gasteiger partial charge in [-0.15, -0.1) is 0 Å². The smallest absolute Gasteiger partial charge is 0.244 e. The Balaban J connectivity index is 1.88. The number of carbonyl (C=O) groups is 1. The molecule has 0 aliphatic rings. The predicted molar refractivity (Wildman–Crippen MR) is 81.4 cm³/mol. The van der Waals surface area contributed by atoms with Crippen LogP contribution in [-0.2, 0) is 17.9 Å². The maximum atomic E-state index is 13.0. The zero-order chi connectivity index (χ0) is 15.2. The van der Waals surface area contributed by atoms with Crippen LogP contribution in [0, 0.1) is 5.82 Å². The van der Waals surface area contributed by atoms with Crippen molar-refractivity contribution in [1.29, 1.82) is 0 Å². The van der Waals surface area contributed by atoms with E-state index in [1.807, 2.05) is 23.0 Å². The summed E-state index contributed by atoms with van der Waals surface area (Å²) in [7, 11) is 0. The molecule has 1 aromatic carbocycles. The number of hydrogen-bond donors (Lipinski definition) is 2. The molecule has 0 spiro atoms. The number of benzene rings is 1. The van der Waals surface area contributed by atoms with Crippen LogP contribution in [0.25, 0.3) is 0 Å². The molecule has 4 nitrogen and oxygen atoms in total. The second kappa shape index (κ2) is 7.04. The van der Waals surface area contributed by atoms with Crippen molar-refractivity contribution >= 4 is 11.6 Å². The van der Waals surface area contributed by atoms with Gasteiger partial charge in [-0.25, -0.2) is 4.39 Å². The van der Waals surface area contributed by atoms with Crippen LogP contribution in [-0.4, -0.2) is 16.5 Å². The van der Waals surface area contributed by atoms with E-state index in [1.54, 1.807) is 12.1 Å². The number of aromatic nitrogens is 1. The number of anilines is 1. The number of hydrogen-bond acceptors (Lipinski definition) is 2. The molecule has 0 bridgehead atoms. The predicted octanol–water partition coefficient (Wildman–Crippen LogP) is 2.76. The van der Waals surface area contributed by atoms with Crippen molar-refractivity contribution in [2.75, 3.05) is 5.32 Å². The minimum absolute atomic E-state index is 0.181. The number of halogens is 1. The van der Waals surface area contributed by atoms with E-state index in [0.717, 1.165) is 12.1 Å². The minimum atomic E-state index is -0.365. The van der Waals surface area contributed by atoms with E-state index >= 15 is 0 Å². The first-order valence-corrected chi connectivity index (χ1v) is 6.96. The number of rotatable bonds is 6. The van der Waals surface area contributed by atoms with Gasteiger partial charge in [-0.1, -0.05) is 19.9 Å². The van der Waals surface area contributed by atoms with E-state index in [-0.39, 0.29) is 18.3 Å². The quantitative estimate of drug-likeness (QED) is 0.859. The van der Waals surface area contributed by atoms with Gasteiger partial charge in [0.2, 0.25) is 5.91 Å². The Morgan fingerprint density at radius 2 is 2.14 bits per heavy atom. The lowest BCUT2D eigenvalue weighted by atomic mass is 10.3. The molecule has 21 heavy (non-hydrogen) atoms. The Morgan fingerprint density at radius 3 is 2.86 bits per heavy atom. The number of carbonyl (C=O) groups excluding carboxylic acids is 1. The minimum Gasteiger partial charge on any atom is -0.345 e. The summed E-state index contributed by atoms with van der Waals surface area (Å²) in [6.07, 6.45) is 3.79. The summed E-state index contributed by atoms with van der Waals surface area (Å²) in [5.41, 5.74) is 1.59. The Hall–Kier alpha value is -2.14. The Kier molecular flexibility index (Phi) is 5.11. The lowest BCUT2D eigenvalue weighted by Gasteiger charge is -2.07. The zero-order valence-electron chi connectivity index (χ0n) is 12.3. The van der Waals surface area contributed by atoms with Crippen LogP contribution >= 0.6 is 0 Å². The van der Waals surface area contributed by atoms with Gasteiger partial charge in [0.15, 0.2) is 0 Å². The highest BCUT2D eigenvalue weighted by Gasteiger charge is 2.05. The SMILES string of the molecule is CC(C)NCc1ccn(CC(=O)Nc2cccc(F)c2)c1. The van der Waals surface area contributed by atoms with Crippen molar-refractivity contribution in [3.05, 3.63) is 54.1 Å². The van der Waals surface area contributed by atoms with Gasteiger partial charge in [-0.05, 0) is 29.8 Å². The van der Waals surface area contributed by atoms with Crippen LogP contribution < -0.4 is 10.6 Å². The van der Waals surface area contributed by atoms with Gasteiger partial charge in [0, 0.05) is 30.7 Å². The molecular weight excluding hydrogens is 269 g/mol. The third kappa shape index (κ3) is 5.04. The van der Waals surface area contributed by atoms with Crippen molar-refractivity contribution in [2.45, 2.75) is 33.0 Å². The first kappa shape index (κ1) is 15.3. The Bertz CT molecular complexity index is 607. The second-order valence-electron chi connectivity index (χ2n) is 5.29. The first-order chi connectivity index (χ1) is 10.0. The molecule has 0 radical (unpaired) electrons. The van der Waals surface area contributed by atoms with Crippen molar-refractivity contribution in [3.63, 3.8) is 0 Å². The summed E-state index contributed by atoms with van der Waals surface area (Å²) in [6.45, 7) is 5.15. The van der Waals surface area contributed by atoms with Crippen molar-refractivity contribution in [1.82, 2.24) is 9.88 Å². The number of amides is 1. The average Bonchev–Trinajstić information content (AvgIpc) is 2.83. The molecule has 112 valence electrons. The molecule has 0 saturated carbocycles. The molecule has 2 aromatic rings. The largest absolute Gasteiger partial charge is 0.345 e. The van der Waals surface area contributed by atoms with E-state index in [4.69, 9.17) is 0 Å². The van der Waals surface area contributed by atoms with Crippen LogP contribution in [0.1, 0.15) is 19.4 Å². The van der Waals surface area contributed by atoms with Crippen LogP contribution in [0.15, 0.2) is 42.7 Å². The van der Waals surface area contributed by atoms with E-state index < -0.39 is 0 Å². The van der Waals surface area contributed by atoms with Crippen LogP contribution in [0.2, 0.25) is 0 Å². The zero-order valence-corrected chi connectivity index (χ0v) is 12.3. The molecule has 2 N–H and O–H groups in total. The molecule has 0 aliphatic heterocycles. The van der Waals surface area contributed by atoms with E-state index in [9.17, 15) is 9.18 Å². The van der Waals surface area contributed by atoms with Gasteiger partial charge in [0.1, 0.15) is 12.4 Å². The van der Waals surface area contributed by atoms with Crippen molar-refractivity contribution < 1.29 is 9.18 Å². The Labute approximate surface area is 124 Å². The highest BCUT2D eigenvalue weighted by Crippen LogP contribution is 2.09. The van der Waals surface area contributed by atoms with Gasteiger partial charge < -0.3 is 15.2 Å². The van der Waals surface area contributed by atoms with Gasteiger partial charge >= 0.3 is 0 Å². The fraction of sp³-hybridized carbons (Fsp3) is 0.312. The third-order valence-electron chi connectivity index (χ3n) is 2.96. The van der Waals surface area contributed by atoms with Gasteiger partial charge in [-0.3, -0.25) is 4.79 Å². The first-order valence-electron chi connectivity index (χ1n) is 6.96. The van der Waals surface area contributed by atoms with E-state index in [2.05, 4.69) is 24.5 Å². The van der Waals surface area contributed by atoms with E-state index in [0.29, 0.717) is 11.7 Å². The monoisotopic (exact) mass is 289 g/mol. The van der Waals surface area contributed by atoms with Gasteiger partial charge in [0.05, 0.1) is 0 Å². The molecule has 0 atom stereocenters. The molecule has 2 rings (SSSR count). The fourth-order valence-electron chi connectivity index (χ4n) is 1.95. The summed E-state index contributed by atoms with van der Waals surface area (Å²) in [6, 6.07) is 8.27. The normalized spacial score (nSPS) is 10.9. The summed E-state index contributed by atoms with van der Waals surface area (Å²) < 4.78 is 14.8. The fourth-order valence-corrected chi connectivity index (χ4v) is 1.95. The topological polar surface area (TPSA) is 46.1 Å². The average molecular weight is 289 g/mol. The van der Waals surface area contributed by atoms with Crippen LogP contribution in [0.4, 0.5) is 10.1 Å². The maximum Gasteiger partial charge on any atom is 0.244 e. The van der Waals surface area contributed by atoms with Crippen LogP contribution in [0.3, 0.4) is 0 Å². The molecule has 1 aromatic heterocycles. The number of nitrogens with zero attached hydrogens (tertiary/aromatic N) is 1. The lowest BCUT2D eigenvalue weighted by Crippen LogP contribution is -2.21. The third-order valence-corrected chi connectivity index (χ3v) is 2.96. The molecule has 0 fully saturated rings. The summed E-state index contributed by atoms with van der Waals surface area (Å²) in [4.78, 5) is 11.9. The molecular formula is C16H20FN3O. The summed E-state index contributed by atoms with van der Waals surface area (Å²) >= 11 is 0. The lowest BCUT2D eigenvalue weighted by molar-refractivity contribution is -0.116. The molecule has 0 saturated heterocycles. The van der Waals surface area contributed by atoms with Crippen molar-refractivity contribution in [3.8, 4) is 0 Å². The Morgan fingerprint density at radius 1 is 1.33 bits per heavy atom. The summed E-state index contributed by atoms with van der Waals surface area (Å²) in [5, 5.41) is 5.99. The number of nitrogens with one attached hydrogen (secondary N) is 2. The molecule has 0 aliphatic carbocycles.